The van der Waals surface area contributed by atoms with Crippen molar-refractivity contribution in [3.05, 3.63) is 76.0 Å². The molecule has 6 nitrogen and oxygen atoms in total. The van der Waals surface area contributed by atoms with Gasteiger partial charge in [-0.3, -0.25) is 0 Å². The summed E-state index contributed by atoms with van der Waals surface area (Å²) in [7, 11) is 0. The average molecular weight is 422 g/mol. The Morgan fingerprint density at radius 3 is 2.41 bits per heavy atom. The number of ether oxygens (including phenoxy) is 1. The lowest BCUT2D eigenvalue weighted by Gasteiger charge is -2.21. The number of nitrogens with one attached hydrogen (secondary N) is 1. The molecule has 0 saturated heterocycles. The average Bonchev–Trinajstić information content (AvgIpc) is 2.80. The van der Waals surface area contributed by atoms with Crippen LogP contribution in [0.5, 0.6) is 11.6 Å². The first kappa shape index (κ1) is 21.1. The first-order chi connectivity index (χ1) is 15.6. The summed E-state index contributed by atoms with van der Waals surface area (Å²) >= 11 is 0. The van der Waals surface area contributed by atoms with E-state index in [1.807, 2.05) is 44.2 Å². The van der Waals surface area contributed by atoms with Crippen LogP contribution in [0.3, 0.4) is 0 Å². The number of fused-ring (bicyclic) bond motifs is 1. The van der Waals surface area contributed by atoms with Gasteiger partial charge in [-0.1, -0.05) is 0 Å². The van der Waals surface area contributed by atoms with Crippen molar-refractivity contribution < 1.29 is 4.74 Å². The van der Waals surface area contributed by atoms with Crippen molar-refractivity contribution in [3.8, 4) is 23.8 Å². The quantitative estimate of drug-likeness (QED) is 0.514. The number of aryl methyl sites for hydroxylation is 3. The normalized spacial score (nSPS) is 12.6. The number of allylic oxidation sites excluding steroid dienone is 1. The number of benzene rings is 2. The summed E-state index contributed by atoms with van der Waals surface area (Å²) in [6.07, 6.45) is 7.23. The minimum absolute atomic E-state index is 0.481. The van der Waals surface area contributed by atoms with Crippen molar-refractivity contribution in [3.63, 3.8) is 0 Å². The topological polar surface area (TPSA) is 94.6 Å². The molecule has 1 aliphatic rings. The first-order valence-corrected chi connectivity index (χ1v) is 10.6. The van der Waals surface area contributed by atoms with Gasteiger partial charge in [0.05, 0.1) is 23.4 Å². The van der Waals surface area contributed by atoms with E-state index in [4.69, 9.17) is 25.2 Å². The molecule has 0 unspecified atom stereocenters. The van der Waals surface area contributed by atoms with Crippen LogP contribution in [0.1, 0.15) is 46.4 Å². The van der Waals surface area contributed by atoms with Gasteiger partial charge in [-0.05, 0) is 98.7 Å². The van der Waals surface area contributed by atoms with E-state index < -0.39 is 0 Å². The van der Waals surface area contributed by atoms with Crippen LogP contribution in [-0.4, -0.2) is 9.97 Å². The molecule has 1 aliphatic carbocycles. The molecular formula is C26H23N5O. The highest BCUT2D eigenvalue weighted by atomic mass is 16.5. The minimum Gasteiger partial charge on any atom is -0.438 e. The highest BCUT2D eigenvalue weighted by Gasteiger charge is 2.21. The fourth-order valence-electron chi connectivity index (χ4n) is 3.93. The third-order valence-electron chi connectivity index (χ3n) is 5.45. The standard InChI is InChI=1S/C26H23N5O/c1-17-14-20(6-5-13-27)15-18(2)24(17)32-25-22-7-3-4-8-23(22)30-26(31-25)29-21-11-9-19(16-28)10-12-21/h5-6,9-12,14-15H,3-4,7-8H2,1-2H3,(H,29,30,31)/b6-5+. The summed E-state index contributed by atoms with van der Waals surface area (Å²) in [5.41, 5.74) is 6.41. The van der Waals surface area contributed by atoms with E-state index in [1.54, 1.807) is 18.2 Å². The molecule has 0 spiro atoms. The van der Waals surface area contributed by atoms with Gasteiger partial charge in [-0.15, -0.1) is 0 Å². The number of anilines is 2. The monoisotopic (exact) mass is 421 g/mol. The van der Waals surface area contributed by atoms with Crippen LogP contribution in [0.2, 0.25) is 0 Å². The summed E-state index contributed by atoms with van der Waals surface area (Å²) in [5, 5.41) is 21.0. The third-order valence-corrected chi connectivity index (χ3v) is 5.45. The van der Waals surface area contributed by atoms with Crippen LogP contribution in [-0.2, 0) is 12.8 Å². The maximum absolute atomic E-state index is 9.00. The lowest BCUT2D eigenvalue weighted by Crippen LogP contribution is -2.11. The predicted octanol–water partition coefficient (Wildman–Crippen LogP) is 5.92. The van der Waals surface area contributed by atoms with Crippen molar-refractivity contribution in [2.24, 2.45) is 0 Å². The van der Waals surface area contributed by atoms with Gasteiger partial charge in [0.25, 0.3) is 0 Å². The SMILES string of the molecule is Cc1cc(/C=C/C#N)cc(C)c1Oc1nc(Nc2ccc(C#N)cc2)nc2c1CCCC2. The predicted molar refractivity (Wildman–Crippen MR) is 124 cm³/mol. The summed E-state index contributed by atoms with van der Waals surface area (Å²) in [4.78, 5) is 9.45. The number of nitrogens with zero attached hydrogens (tertiary/aromatic N) is 4. The molecule has 0 fully saturated rings. The van der Waals surface area contributed by atoms with Crippen molar-refractivity contribution in [1.29, 1.82) is 10.5 Å². The Balaban J connectivity index is 1.69. The van der Waals surface area contributed by atoms with E-state index in [-0.39, 0.29) is 0 Å². The van der Waals surface area contributed by atoms with Crippen LogP contribution < -0.4 is 10.1 Å². The number of hydrogen-bond donors (Lipinski definition) is 1. The van der Waals surface area contributed by atoms with Crippen molar-refractivity contribution >= 4 is 17.7 Å². The maximum Gasteiger partial charge on any atom is 0.230 e. The van der Waals surface area contributed by atoms with Crippen LogP contribution in [0, 0.1) is 36.5 Å². The second-order valence-electron chi connectivity index (χ2n) is 7.85. The molecule has 158 valence electrons. The first-order valence-electron chi connectivity index (χ1n) is 10.6. The fourth-order valence-corrected chi connectivity index (χ4v) is 3.93. The molecule has 0 radical (unpaired) electrons. The van der Waals surface area contributed by atoms with Gasteiger partial charge in [0.2, 0.25) is 11.8 Å². The molecule has 0 amide bonds. The minimum atomic E-state index is 0.481. The van der Waals surface area contributed by atoms with E-state index in [9.17, 15) is 0 Å². The summed E-state index contributed by atoms with van der Waals surface area (Å²) in [5.74, 6) is 1.83. The van der Waals surface area contributed by atoms with Gasteiger partial charge in [0.1, 0.15) is 5.75 Å². The smallest absolute Gasteiger partial charge is 0.230 e. The molecule has 6 heteroatoms. The highest BCUT2D eigenvalue weighted by molar-refractivity contribution is 5.59. The van der Waals surface area contributed by atoms with Gasteiger partial charge in [-0.2, -0.15) is 15.5 Å². The molecule has 0 saturated carbocycles. The number of hydrogen-bond acceptors (Lipinski definition) is 6. The fraction of sp³-hybridized carbons (Fsp3) is 0.231. The lowest BCUT2D eigenvalue weighted by atomic mass is 9.97. The molecule has 1 heterocycles. The second kappa shape index (κ2) is 9.32. The van der Waals surface area contributed by atoms with Crippen molar-refractivity contribution in [1.82, 2.24) is 9.97 Å². The van der Waals surface area contributed by atoms with Gasteiger partial charge in [0, 0.05) is 17.3 Å². The zero-order chi connectivity index (χ0) is 22.5. The molecule has 1 N–H and O–H groups in total. The molecule has 0 aliphatic heterocycles. The van der Waals surface area contributed by atoms with Gasteiger partial charge in [0.15, 0.2) is 0 Å². The van der Waals surface area contributed by atoms with Gasteiger partial charge >= 0.3 is 0 Å². The van der Waals surface area contributed by atoms with Crippen molar-refractivity contribution in [2.75, 3.05) is 5.32 Å². The van der Waals surface area contributed by atoms with Crippen LogP contribution >= 0.6 is 0 Å². The zero-order valence-corrected chi connectivity index (χ0v) is 18.1. The van der Waals surface area contributed by atoms with E-state index in [0.717, 1.165) is 65.1 Å². The van der Waals surface area contributed by atoms with E-state index in [2.05, 4.69) is 11.4 Å². The molecule has 0 bridgehead atoms. The van der Waals surface area contributed by atoms with E-state index in [1.165, 1.54) is 6.08 Å². The largest absolute Gasteiger partial charge is 0.438 e. The Hall–Kier alpha value is -4.16. The second-order valence-corrected chi connectivity index (χ2v) is 7.85. The Labute approximate surface area is 187 Å². The Morgan fingerprint density at radius 2 is 1.72 bits per heavy atom. The van der Waals surface area contributed by atoms with E-state index in [0.29, 0.717) is 17.4 Å². The Bertz CT molecular complexity index is 1240. The summed E-state index contributed by atoms with van der Waals surface area (Å²) < 4.78 is 6.39. The molecular weight excluding hydrogens is 398 g/mol. The maximum atomic E-state index is 9.00. The Morgan fingerprint density at radius 1 is 1.00 bits per heavy atom. The lowest BCUT2D eigenvalue weighted by molar-refractivity contribution is 0.442. The Kier molecular flexibility index (Phi) is 6.14. The number of aromatic nitrogens is 2. The van der Waals surface area contributed by atoms with Crippen molar-refractivity contribution in [2.45, 2.75) is 39.5 Å². The van der Waals surface area contributed by atoms with Gasteiger partial charge in [-0.25, -0.2) is 4.98 Å². The molecule has 2 aromatic carbocycles. The van der Waals surface area contributed by atoms with Crippen LogP contribution in [0.25, 0.3) is 6.08 Å². The third kappa shape index (κ3) is 4.61. The molecule has 0 atom stereocenters. The van der Waals surface area contributed by atoms with Crippen LogP contribution in [0.15, 0.2) is 42.5 Å². The summed E-state index contributed by atoms with van der Waals surface area (Å²) in [6.45, 7) is 3.99. The molecule has 32 heavy (non-hydrogen) atoms. The van der Waals surface area contributed by atoms with Crippen LogP contribution in [0.4, 0.5) is 11.6 Å². The number of rotatable bonds is 5. The number of nitriles is 2. The zero-order valence-electron chi connectivity index (χ0n) is 18.1. The highest BCUT2D eigenvalue weighted by Crippen LogP contribution is 2.35. The van der Waals surface area contributed by atoms with Gasteiger partial charge < -0.3 is 10.1 Å². The molecule has 3 aromatic rings. The van der Waals surface area contributed by atoms with E-state index >= 15 is 0 Å². The molecule has 4 rings (SSSR count). The summed E-state index contributed by atoms with van der Waals surface area (Å²) in [6, 6.07) is 15.3. The molecule has 1 aromatic heterocycles.